The molecule has 0 aliphatic carbocycles. The molecule has 1 amide bonds. The fourth-order valence-electron chi connectivity index (χ4n) is 2.98. The number of rotatable bonds is 2. The van der Waals surface area contributed by atoms with Crippen LogP contribution >= 0.6 is 15.9 Å². The van der Waals surface area contributed by atoms with Crippen LogP contribution in [0, 0.1) is 0 Å². The maximum Gasteiger partial charge on any atom is 0.407 e. The molecule has 3 heterocycles. The van der Waals surface area contributed by atoms with Gasteiger partial charge in [0.15, 0.2) is 0 Å². The number of hydrogen-bond donors (Lipinski definition) is 1. The van der Waals surface area contributed by atoms with E-state index in [2.05, 4.69) is 25.8 Å². The Morgan fingerprint density at radius 2 is 2.32 bits per heavy atom. The number of aromatic nitrogens is 1. The Morgan fingerprint density at radius 1 is 1.53 bits per heavy atom. The number of pyridine rings is 1. The molecule has 2 aliphatic heterocycles. The van der Waals surface area contributed by atoms with Crippen molar-refractivity contribution in [2.75, 3.05) is 25.1 Å². The van der Waals surface area contributed by atoms with Crippen molar-refractivity contribution < 1.29 is 14.6 Å². The Balaban J connectivity index is 1.87. The smallest absolute Gasteiger partial charge is 0.407 e. The number of fused-ring (bicyclic) bond motifs is 2. The predicted octanol–water partition coefficient (Wildman–Crippen LogP) is 1.79. The number of amides is 1. The van der Waals surface area contributed by atoms with E-state index in [0.717, 1.165) is 16.6 Å². The third-order valence-corrected chi connectivity index (χ3v) is 4.22. The Bertz CT molecular complexity index is 525. The molecule has 1 N–H and O–H groups in total. The molecule has 2 saturated heterocycles. The number of carbonyl (C=O) groups is 1. The highest BCUT2D eigenvalue weighted by molar-refractivity contribution is 9.10. The van der Waals surface area contributed by atoms with Crippen molar-refractivity contribution in [2.45, 2.75) is 18.5 Å². The SMILES string of the molecule is COc1ncc(Br)cc1N1C[C@@H]2C[C@H]1CN2C(=O)O. The summed E-state index contributed by atoms with van der Waals surface area (Å²) < 4.78 is 6.18. The lowest BCUT2D eigenvalue weighted by molar-refractivity contribution is 0.137. The molecular formula is C12H14BrN3O3. The number of carboxylic acid groups (broad SMARTS) is 1. The highest BCUT2D eigenvalue weighted by atomic mass is 79.9. The first kappa shape index (κ1) is 12.5. The van der Waals surface area contributed by atoms with Gasteiger partial charge in [0, 0.05) is 29.8 Å². The van der Waals surface area contributed by atoms with E-state index in [1.807, 2.05) is 6.07 Å². The van der Waals surface area contributed by atoms with E-state index in [4.69, 9.17) is 9.84 Å². The van der Waals surface area contributed by atoms with Gasteiger partial charge in [-0.15, -0.1) is 0 Å². The second-order valence-corrected chi connectivity index (χ2v) is 5.73. The molecule has 102 valence electrons. The van der Waals surface area contributed by atoms with Crippen LogP contribution in [0.2, 0.25) is 0 Å². The topological polar surface area (TPSA) is 65.9 Å². The van der Waals surface area contributed by atoms with Gasteiger partial charge in [-0.05, 0) is 28.4 Å². The summed E-state index contributed by atoms with van der Waals surface area (Å²) in [5, 5.41) is 9.10. The summed E-state index contributed by atoms with van der Waals surface area (Å²) >= 11 is 3.41. The van der Waals surface area contributed by atoms with Crippen LogP contribution in [-0.2, 0) is 0 Å². The van der Waals surface area contributed by atoms with E-state index >= 15 is 0 Å². The van der Waals surface area contributed by atoms with Gasteiger partial charge in [0.2, 0.25) is 5.88 Å². The van der Waals surface area contributed by atoms with Crippen LogP contribution in [0.1, 0.15) is 6.42 Å². The normalized spacial score (nSPS) is 24.9. The molecule has 0 unspecified atom stereocenters. The molecule has 19 heavy (non-hydrogen) atoms. The van der Waals surface area contributed by atoms with Gasteiger partial charge in [-0.1, -0.05) is 0 Å². The third-order valence-electron chi connectivity index (χ3n) is 3.79. The van der Waals surface area contributed by atoms with Crippen molar-refractivity contribution in [3.63, 3.8) is 0 Å². The summed E-state index contributed by atoms with van der Waals surface area (Å²) in [7, 11) is 1.59. The lowest BCUT2D eigenvalue weighted by Gasteiger charge is -2.34. The molecule has 6 nitrogen and oxygen atoms in total. The summed E-state index contributed by atoms with van der Waals surface area (Å²) in [5.41, 5.74) is 0.925. The highest BCUT2D eigenvalue weighted by Crippen LogP contribution is 2.39. The standard InChI is InChI=1S/C12H14BrN3O3/c1-19-11-10(2-7(13)4-14-11)15-5-9-3-8(15)6-16(9)12(17)18/h2,4,8-9H,3,5-6H2,1H3,(H,17,18)/t8-,9-/m0/s1. The van der Waals surface area contributed by atoms with Gasteiger partial charge in [-0.2, -0.15) is 0 Å². The second-order valence-electron chi connectivity index (χ2n) is 4.81. The monoisotopic (exact) mass is 327 g/mol. The van der Waals surface area contributed by atoms with E-state index in [1.165, 1.54) is 4.90 Å². The van der Waals surface area contributed by atoms with Gasteiger partial charge >= 0.3 is 6.09 Å². The van der Waals surface area contributed by atoms with E-state index in [-0.39, 0.29) is 12.1 Å². The van der Waals surface area contributed by atoms with Crippen LogP contribution in [0.4, 0.5) is 10.5 Å². The zero-order chi connectivity index (χ0) is 13.6. The number of piperazine rings is 1. The minimum Gasteiger partial charge on any atom is -0.480 e. The molecule has 0 aromatic carbocycles. The molecule has 2 aliphatic rings. The molecule has 2 atom stereocenters. The number of ether oxygens (including phenoxy) is 1. The second kappa shape index (κ2) is 4.56. The van der Waals surface area contributed by atoms with Crippen molar-refractivity contribution in [1.82, 2.24) is 9.88 Å². The molecule has 0 radical (unpaired) electrons. The maximum absolute atomic E-state index is 11.1. The Morgan fingerprint density at radius 3 is 2.89 bits per heavy atom. The van der Waals surface area contributed by atoms with E-state index < -0.39 is 6.09 Å². The molecule has 1 aromatic rings. The first-order valence-corrected chi connectivity index (χ1v) is 6.85. The molecule has 7 heteroatoms. The lowest BCUT2D eigenvalue weighted by atomic mass is 10.2. The quantitative estimate of drug-likeness (QED) is 0.897. The van der Waals surface area contributed by atoms with E-state index in [9.17, 15) is 4.79 Å². The van der Waals surface area contributed by atoms with Crippen molar-refractivity contribution in [2.24, 2.45) is 0 Å². The van der Waals surface area contributed by atoms with Crippen LogP contribution in [0.3, 0.4) is 0 Å². The molecule has 2 bridgehead atoms. The highest BCUT2D eigenvalue weighted by Gasteiger charge is 2.46. The van der Waals surface area contributed by atoms with Crippen molar-refractivity contribution in [3.8, 4) is 5.88 Å². The minimum atomic E-state index is -0.827. The van der Waals surface area contributed by atoms with Crippen molar-refractivity contribution in [3.05, 3.63) is 16.7 Å². The minimum absolute atomic E-state index is 0.0752. The average molecular weight is 328 g/mol. The number of anilines is 1. The van der Waals surface area contributed by atoms with Crippen LogP contribution in [-0.4, -0.2) is 53.4 Å². The molecule has 1 aromatic heterocycles. The predicted molar refractivity (Wildman–Crippen MR) is 72.8 cm³/mol. The lowest BCUT2D eigenvalue weighted by Crippen LogP contribution is -2.48. The maximum atomic E-state index is 11.1. The first-order valence-electron chi connectivity index (χ1n) is 6.06. The van der Waals surface area contributed by atoms with Crippen molar-refractivity contribution >= 4 is 27.7 Å². The summed E-state index contributed by atoms with van der Waals surface area (Å²) in [6.07, 6.45) is 1.74. The zero-order valence-corrected chi connectivity index (χ0v) is 12.0. The van der Waals surface area contributed by atoms with Crippen LogP contribution < -0.4 is 9.64 Å². The molecule has 3 rings (SSSR count). The molecular weight excluding hydrogens is 314 g/mol. The largest absolute Gasteiger partial charge is 0.480 e. The van der Waals surface area contributed by atoms with Gasteiger partial charge < -0.3 is 19.6 Å². The number of methoxy groups -OCH3 is 1. The summed E-state index contributed by atoms with van der Waals surface area (Å²) in [4.78, 5) is 19.0. The molecule has 0 spiro atoms. The van der Waals surface area contributed by atoms with Crippen LogP contribution in [0.15, 0.2) is 16.7 Å². The fourth-order valence-corrected chi connectivity index (χ4v) is 3.29. The molecule has 2 fully saturated rings. The Kier molecular flexibility index (Phi) is 3.00. The van der Waals surface area contributed by atoms with Gasteiger partial charge in [0.25, 0.3) is 0 Å². The van der Waals surface area contributed by atoms with Gasteiger partial charge in [-0.25, -0.2) is 9.78 Å². The number of halogens is 1. The van der Waals surface area contributed by atoms with Gasteiger partial charge in [-0.3, -0.25) is 0 Å². The fraction of sp³-hybridized carbons (Fsp3) is 0.500. The number of likely N-dealkylation sites (tertiary alicyclic amines) is 1. The average Bonchev–Trinajstić information content (AvgIpc) is 2.98. The first-order chi connectivity index (χ1) is 9.10. The summed E-state index contributed by atoms with van der Waals surface area (Å²) in [5.74, 6) is 0.581. The third kappa shape index (κ3) is 2.01. The Labute approximate surface area is 119 Å². The van der Waals surface area contributed by atoms with Gasteiger partial charge in [0.05, 0.1) is 13.2 Å². The summed E-state index contributed by atoms with van der Waals surface area (Å²) in [6, 6.07) is 2.26. The number of hydrogen-bond acceptors (Lipinski definition) is 4. The number of nitrogens with zero attached hydrogens (tertiary/aromatic N) is 3. The van der Waals surface area contributed by atoms with E-state index in [0.29, 0.717) is 19.0 Å². The zero-order valence-electron chi connectivity index (χ0n) is 10.4. The van der Waals surface area contributed by atoms with Crippen molar-refractivity contribution in [1.29, 1.82) is 0 Å². The van der Waals surface area contributed by atoms with E-state index in [1.54, 1.807) is 13.3 Å². The summed E-state index contributed by atoms with van der Waals surface area (Å²) in [6.45, 7) is 1.25. The van der Waals surface area contributed by atoms with Crippen LogP contribution in [0.5, 0.6) is 5.88 Å². The molecule has 0 saturated carbocycles. The Hall–Kier alpha value is -1.50. The van der Waals surface area contributed by atoms with Gasteiger partial charge in [0.1, 0.15) is 5.69 Å². The van der Waals surface area contributed by atoms with Crippen LogP contribution in [0.25, 0.3) is 0 Å².